The van der Waals surface area contributed by atoms with E-state index in [4.69, 9.17) is 9.47 Å². The molecule has 1 saturated carbocycles. The van der Waals surface area contributed by atoms with E-state index >= 15 is 0 Å². The van der Waals surface area contributed by atoms with E-state index < -0.39 is 5.54 Å². The van der Waals surface area contributed by atoms with E-state index in [1.54, 1.807) is 0 Å². The number of ether oxygens (including phenoxy) is 2. The van der Waals surface area contributed by atoms with Gasteiger partial charge in [0.1, 0.15) is 5.54 Å². The van der Waals surface area contributed by atoms with Gasteiger partial charge in [-0.3, -0.25) is 10.1 Å². The SMILES string of the molecule is CCCCOCCCC(C)(NC1CC1)C(=O)OCC. The van der Waals surface area contributed by atoms with Crippen LogP contribution in [0.15, 0.2) is 0 Å². The fraction of sp³-hybridized carbons (Fsp3) is 0.933. The first kappa shape index (κ1) is 16.4. The van der Waals surface area contributed by atoms with Gasteiger partial charge < -0.3 is 9.47 Å². The van der Waals surface area contributed by atoms with E-state index in [0.717, 1.165) is 38.9 Å². The van der Waals surface area contributed by atoms with Crippen LogP contribution in [0.1, 0.15) is 59.3 Å². The summed E-state index contributed by atoms with van der Waals surface area (Å²) in [6, 6.07) is 0.496. The van der Waals surface area contributed by atoms with Crippen LogP contribution < -0.4 is 5.32 Å². The highest BCUT2D eigenvalue weighted by Crippen LogP contribution is 2.25. The van der Waals surface area contributed by atoms with E-state index in [-0.39, 0.29) is 5.97 Å². The molecule has 1 fully saturated rings. The van der Waals surface area contributed by atoms with Gasteiger partial charge in [-0.2, -0.15) is 0 Å². The molecule has 0 bridgehead atoms. The number of hydrogen-bond donors (Lipinski definition) is 1. The van der Waals surface area contributed by atoms with E-state index in [9.17, 15) is 4.79 Å². The number of esters is 1. The lowest BCUT2D eigenvalue weighted by Crippen LogP contribution is -2.51. The molecule has 0 spiro atoms. The largest absolute Gasteiger partial charge is 0.465 e. The quantitative estimate of drug-likeness (QED) is 0.463. The molecular formula is C15H29NO3. The molecule has 0 radical (unpaired) electrons. The van der Waals surface area contributed by atoms with Crippen LogP contribution in [0.4, 0.5) is 0 Å². The zero-order chi connectivity index (χ0) is 14.1. The van der Waals surface area contributed by atoms with Gasteiger partial charge in [0.25, 0.3) is 0 Å². The molecule has 0 aromatic rings. The van der Waals surface area contributed by atoms with Gasteiger partial charge in [-0.15, -0.1) is 0 Å². The van der Waals surface area contributed by atoms with Gasteiger partial charge in [0.15, 0.2) is 0 Å². The Morgan fingerprint density at radius 3 is 2.53 bits per heavy atom. The first-order valence-electron chi connectivity index (χ1n) is 7.65. The van der Waals surface area contributed by atoms with E-state index in [2.05, 4.69) is 12.2 Å². The zero-order valence-corrected chi connectivity index (χ0v) is 12.7. The number of carbonyl (C=O) groups is 1. The third-order valence-corrected chi connectivity index (χ3v) is 3.43. The minimum absolute atomic E-state index is 0.129. The molecule has 0 saturated heterocycles. The maximum absolute atomic E-state index is 12.1. The molecule has 1 N–H and O–H groups in total. The van der Waals surface area contributed by atoms with Crippen LogP contribution in [0.3, 0.4) is 0 Å². The highest BCUT2D eigenvalue weighted by molar-refractivity contribution is 5.80. The van der Waals surface area contributed by atoms with Crippen molar-refractivity contribution in [3.8, 4) is 0 Å². The highest BCUT2D eigenvalue weighted by Gasteiger charge is 2.39. The Morgan fingerprint density at radius 1 is 1.26 bits per heavy atom. The first-order valence-corrected chi connectivity index (χ1v) is 7.65. The topological polar surface area (TPSA) is 47.6 Å². The van der Waals surface area contributed by atoms with Gasteiger partial charge in [-0.05, 0) is 46.0 Å². The predicted molar refractivity (Wildman–Crippen MR) is 76.2 cm³/mol. The second-order valence-electron chi connectivity index (χ2n) is 5.54. The van der Waals surface area contributed by atoms with Crippen LogP contribution in [-0.2, 0) is 14.3 Å². The molecule has 112 valence electrons. The minimum Gasteiger partial charge on any atom is -0.465 e. The monoisotopic (exact) mass is 271 g/mol. The maximum Gasteiger partial charge on any atom is 0.326 e. The maximum atomic E-state index is 12.1. The summed E-state index contributed by atoms with van der Waals surface area (Å²) in [6.07, 6.45) is 6.26. The number of unbranched alkanes of at least 4 members (excludes halogenated alkanes) is 1. The summed E-state index contributed by atoms with van der Waals surface area (Å²) in [5.41, 5.74) is -0.550. The molecule has 1 aliphatic carbocycles. The number of nitrogens with one attached hydrogen (secondary N) is 1. The van der Waals surface area contributed by atoms with Crippen molar-refractivity contribution >= 4 is 5.97 Å². The van der Waals surface area contributed by atoms with E-state index in [0.29, 0.717) is 12.6 Å². The summed E-state index contributed by atoms with van der Waals surface area (Å²) in [6.45, 7) is 7.94. The van der Waals surface area contributed by atoms with Crippen molar-refractivity contribution in [2.75, 3.05) is 19.8 Å². The van der Waals surface area contributed by atoms with Gasteiger partial charge in [-0.25, -0.2) is 0 Å². The molecule has 1 rings (SSSR count). The second-order valence-corrected chi connectivity index (χ2v) is 5.54. The van der Waals surface area contributed by atoms with Gasteiger partial charge in [0.05, 0.1) is 6.61 Å². The molecule has 0 heterocycles. The molecule has 0 aromatic carbocycles. The van der Waals surface area contributed by atoms with Gasteiger partial charge in [0.2, 0.25) is 0 Å². The third-order valence-electron chi connectivity index (χ3n) is 3.43. The standard InChI is InChI=1S/C15H29NO3/c1-4-6-11-18-12-7-10-15(3,14(17)19-5-2)16-13-8-9-13/h13,16H,4-12H2,1-3H3. The molecule has 1 unspecified atom stereocenters. The molecule has 1 atom stereocenters. The number of rotatable bonds is 11. The van der Waals surface area contributed by atoms with Crippen molar-refractivity contribution in [2.24, 2.45) is 0 Å². The van der Waals surface area contributed by atoms with E-state index in [1.807, 2.05) is 13.8 Å². The first-order chi connectivity index (χ1) is 9.12. The van der Waals surface area contributed by atoms with Crippen LogP contribution in [0, 0.1) is 0 Å². The summed E-state index contributed by atoms with van der Waals surface area (Å²) in [4.78, 5) is 12.1. The van der Waals surface area contributed by atoms with Crippen molar-refractivity contribution in [1.82, 2.24) is 5.32 Å². The smallest absolute Gasteiger partial charge is 0.326 e. The Labute approximate surface area is 117 Å². The van der Waals surface area contributed by atoms with E-state index in [1.165, 1.54) is 12.8 Å². The van der Waals surface area contributed by atoms with Crippen molar-refractivity contribution in [2.45, 2.75) is 70.9 Å². The van der Waals surface area contributed by atoms with Crippen molar-refractivity contribution in [3.63, 3.8) is 0 Å². The third kappa shape index (κ3) is 6.39. The Kier molecular flexibility index (Phi) is 7.39. The fourth-order valence-electron chi connectivity index (χ4n) is 2.08. The van der Waals surface area contributed by atoms with Crippen LogP contribution in [-0.4, -0.2) is 37.4 Å². The summed E-state index contributed by atoms with van der Waals surface area (Å²) >= 11 is 0. The van der Waals surface area contributed by atoms with Crippen molar-refractivity contribution in [1.29, 1.82) is 0 Å². The molecule has 19 heavy (non-hydrogen) atoms. The predicted octanol–water partition coefficient (Wildman–Crippen LogP) is 2.66. The van der Waals surface area contributed by atoms with Gasteiger partial charge in [0, 0.05) is 19.3 Å². The summed E-state index contributed by atoms with van der Waals surface area (Å²) < 4.78 is 10.7. The van der Waals surface area contributed by atoms with Crippen LogP contribution in [0.2, 0.25) is 0 Å². The average molecular weight is 271 g/mol. The Bertz CT molecular complexity index is 266. The lowest BCUT2D eigenvalue weighted by atomic mass is 9.95. The lowest BCUT2D eigenvalue weighted by molar-refractivity contribution is -0.151. The Morgan fingerprint density at radius 2 is 1.95 bits per heavy atom. The average Bonchev–Trinajstić information content (AvgIpc) is 3.17. The molecule has 0 aromatic heterocycles. The Balaban J connectivity index is 2.29. The number of hydrogen-bond acceptors (Lipinski definition) is 4. The Hall–Kier alpha value is -0.610. The van der Waals surface area contributed by atoms with Crippen LogP contribution in [0.5, 0.6) is 0 Å². The zero-order valence-electron chi connectivity index (χ0n) is 12.7. The van der Waals surface area contributed by atoms with Crippen molar-refractivity contribution < 1.29 is 14.3 Å². The normalized spacial score (nSPS) is 18.1. The molecule has 4 nitrogen and oxygen atoms in total. The van der Waals surface area contributed by atoms with Gasteiger partial charge >= 0.3 is 5.97 Å². The summed E-state index contributed by atoms with van der Waals surface area (Å²) in [5, 5.41) is 3.42. The number of carbonyl (C=O) groups excluding carboxylic acids is 1. The molecule has 1 aliphatic rings. The second kappa shape index (κ2) is 8.54. The fourth-order valence-corrected chi connectivity index (χ4v) is 2.08. The molecular weight excluding hydrogens is 242 g/mol. The van der Waals surface area contributed by atoms with Crippen LogP contribution in [0.25, 0.3) is 0 Å². The highest BCUT2D eigenvalue weighted by atomic mass is 16.5. The lowest BCUT2D eigenvalue weighted by Gasteiger charge is -2.28. The summed E-state index contributed by atoms with van der Waals surface area (Å²) in [5.74, 6) is -0.129. The molecule has 0 amide bonds. The molecule has 0 aliphatic heterocycles. The van der Waals surface area contributed by atoms with Crippen molar-refractivity contribution in [3.05, 3.63) is 0 Å². The van der Waals surface area contributed by atoms with Gasteiger partial charge in [-0.1, -0.05) is 13.3 Å². The van der Waals surface area contributed by atoms with Crippen LogP contribution >= 0.6 is 0 Å². The summed E-state index contributed by atoms with van der Waals surface area (Å²) in [7, 11) is 0. The molecule has 4 heteroatoms. The minimum atomic E-state index is -0.550.